The van der Waals surface area contributed by atoms with Gasteiger partial charge in [0.15, 0.2) is 0 Å². The van der Waals surface area contributed by atoms with Crippen LogP contribution in [0.25, 0.3) is 0 Å². The summed E-state index contributed by atoms with van der Waals surface area (Å²) in [4.78, 5) is 0. The van der Waals surface area contributed by atoms with E-state index in [4.69, 9.17) is 5.73 Å². The van der Waals surface area contributed by atoms with Crippen LogP contribution in [0, 0.1) is 6.92 Å². The van der Waals surface area contributed by atoms with Crippen LogP contribution in [0.2, 0.25) is 0 Å². The van der Waals surface area contributed by atoms with E-state index in [9.17, 15) is 5.11 Å². The Morgan fingerprint density at radius 2 is 2.07 bits per heavy atom. The van der Waals surface area contributed by atoms with Gasteiger partial charge in [-0.15, -0.1) is 0 Å². The molecule has 1 atom stereocenters. The zero-order valence-electron chi connectivity index (χ0n) is 9.66. The quantitative estimate of drug-likeness (QED) is 0.728. The molecule has 0 aliphatic rings. The van der Waals surface area contributed by atoms with E-state index in [0.717, 1.165) is 24.0 Å². The van der Waals surface area contributed by atoms with Crippen LogP contribution in [0.15, 0.2) is 18.2 Å². The molecule has 0 saturated heterocycles. The van der Waals surface area contributed by atoms with E-state index in [0.29, 0.717) is 5.75 Å². The Morgan fingerprint density at radius 1 is 1.33 bits per heavy atom. The van der Waals surface area contributed by atoms with Crippen molar-refractivity contribution in [3.8, 4) is 5.75 Å². The van der Waals surface area contributed by atoms with Crippen molar-refractivity contribution < 1.29 is 5.11 Å². The predicted molar refractivity (Wildman–Crippen MR) is 63.9 cm³/mol. The number of phenols is 1. The van der Waals surface area contributed by atoms with Gasteiger partial charge >= 0.3 is 0 Å². The number of para-hydroxylation sites is 1. The summed E-state index contributed by atoms with van der Waals surface area (Å²) in [5.74, 6) is 0.362. The Morgan fingerprint density at radius 3 is 2.73 bits per heavy atom. The van der Waals surface area contributed by atoms with Gasteiger partial charge in [0.05, 0.1) is 0 Å². The van der Waals surface area contributed by atoms with E-state index in [2.05, 4.69) is 6.92 Å². The summed E-state index contributed by atoms with van der Waals surface area (Å²) in [7, 11) is 0. The zero-order chi connectivity index (χ0) is 11.3. The second-order valence-electron chi connectivity index (χ2n) is 4.12. The number of hydrogen-bond donors (Lipinski definition) is 2. The molecule has 0 aliphatic heterocycles. The van der Waals surface area contributed by atoms with Gasteiger partial charge in [0, 0.05) is 11.6 Å². The van der Waals surface area contributed by atoms with Crippen LogP contribution >= 0.6 is 0 Å². The van der Waals surface area contributed by atoms with Gasteiger partial charge in [-0.25, -0.2) is 0 Å². The van der Waals surface area contributed by atoms with Crippen LogP contribution < -0.4 is 5.73 Å². The third-order valence-electron chi connectivity index (χ3n) is 2.79. The number of benzene rings is 1. The second-order valence-corrected chi connectivity index (χ2v) is 4.12. The van der Waals surface area contributed by atoms with Gasteiger partial charge in [-0.3, -0.25) is 0 Å². The van der Waals surface area contributed by atoms with Gasteiger partial charge in [0.1, 0.15) is 5.75 Å². The Hall–Kier alpha value is -1.02. The van der Waals surface area contributed by atoms with Crippen molar-refractivity contribution in [2.24, 2.45) is 5.73 Å². The highest BCUT2D eigenvalue weighted by Gasteiger charge is 2.11. The highest BCUT2D eigenvalue weighted by Crippen LogP contribution is 2.28. The zero-order valence-corrected chi connectivity index (χ0v) is 9.66. The summed E-state index contributed by atoms with van der Waals surface area (Å²) >= 11 is 0. The van der Waals surface area contributed by atoms with Crippen LogP contribution in [-0.4, -0.2) is 5.11 Å². The van der Waals surface area contributed by atoms with Crippen molar-refractivity contribution >= 4 is 0 Å². The first kappa shape index (κ1) is 12.1. The van der Waals surface area contributed by atoms with Gasteiger partial charge < -0.3 is 10.8 Å². The monoisotopic (exact) mass is 207 g/mol. The van der Waals surface area contributed by atoms with Gasteiger partial charge in [0.25, 0.3) is 0 Å². The first-order valence-electron chi connectivity index (χ1n) is 5.70. The smallest absolute Gasteiger partial charge is 0.123 e. The van der Waals surface area contributed by atoms with Gasteiger partial charge in [0.2, 0.25) is 0 Å². The third-order valence-corrected chi connectivity index (χ3v) is 2.79. The molecule has 0 radical (unpaired) electrons. The summed E-state index contributed by atoms with van der Waals surface area (Å²) < 4.78 is 0. The first-order valence-corrected chi connectivity index (χ1v) is 5.70. The molecule has 0 bridgehead atoms. The van der Waals surface area contributed by atoms with Gasteiger partial charge in [-0.05, 0) is 18.9 Å². The standard InChI is InChI=1S/C13H21NO/c1-3-4-5-9-12(14)11-8-6-7-10(2)13(11)15/h6-8,12,15H,3-5,9,14H2,1-2H3/t12-/m0/s1. The highest BCUT2D eigenvalue weighted by molar-refractivity contribution is 5.41. The number of aryl methyl sites for hydroxylation is 1. The maximum absolute atomic E-state index is 9.84. The topological polar surface area (TPSA) is 46.2 Å². The highest BCUT2D eigenvalue weighted by atomic mass is 16.3. The Bertz CT molecular complexity index is 309. The average Bonchev–Trinajstić information content (AvgIpc) is 2.22. The van der Waals surface area contributed by atoms with E-state index in [1.807, 2.05) is 25.1 Å². The molecule has 1 aromatic carbocycles. The molecular weight excluding hydrogens is 186 g/mol. The molecule has 0 aromatic heterocycles. The molecule has 15 heavy (non-hydrogen) atoms. The molecule has 1 aromatic rings. The maximum atomic E-state index is 9.84. The van der Waals surface area contributed by atoms with Gasteiger partial charge in [-0.1, -0.05) is 44.4 Å². The van der Waals surface area contributed by atoms with E-state index in [-0.39, 0.29) is 6.04 Å². The fourth-order valence-electron chi connectivity index (χ4n) is 1.75. The van der Waals surface area contributed by atoms with Crippen LogP contribution in [0.5, 0.6) is 5.75 Å². The first-order chi connectivity index (χ1) is 7.16. The molecule has 0 saturated carbocycles. The van der Waals surface area contributed by atoms with Crippen LogP contribution in [0.1, 0.15) is 49.8 Å². The molecule has 0 heterocycles. The normalized spacial score (nSPS) is 12.7. The fraction of sp³-hybridized carbons (Fsp3) is 0.538. The van der Waals surface area contributed by atoms with E-state index < -0.39 is 0 Å². The lowest BCUT2D eigenvalue weighted by atomic mass is 9.98. The molecule has 0 fully saturated rings. The van der Waals surface area contributed by atoms with Crippen LogP contribution in [-0.2, 0) is 0 Å². The lowest BCUT2D eigenvalue weighted by Crippen LogP contribution is -2.10. The lowest BCUT2D eigenvalue weighted by molar-refractivity contribution is 0.452. The minimum Gasteiger partial charge on any atom is -0.507 e. The Kier molecular flexibility index (Phi) is 4.63. The minimum absolute atomic E-state index is 0.0311. The summed E-state index contributed by atoms with van der Waals surface area (Å²) in [5, 5.41) is 9.84. The molecule has 84 valence electrons. The van der Waals surface area contributed by atoms with Crippen molar-refractivity contribution in [3.05, 3.63) is 29.3 Å². The summed E-state index contributed by atoms with van der Waals surface area (Å²) in [6, 6.07) is 5.73. The number of phenolic OH excluding ortho intramolecular Hbond substituents is 1. The number of rotatable bonds is 5. The van der Waals surface area contributed by atoms with Crippen LogP contribution in [0.3, 0.4) is 0 Å². The second kappa shape index (κ2) is 5.76. The SMILES string of the molecule is CCCCC[C@H](N)c1cccc(C)c1O. The molecule has 0 unspecified atom stereocenters. The molecule has 3 N–H and O–H groups in total. The minimum atomic E-state index is -0.0311. The largest absolute Gasteiger partial charge is 0.507 e. The van der Waals surface area contributed by atoms with E-state index >= 15 is 0 Å². The average molecular weight is 207 g/mol. The summed E-state index contributed by atoms with van der Waals surface area (Å²) in [5.41, 5.74) is 7.83. The maximum Gasteiger partial charge on any atom is 0.123 e. The lowest BCUT2D eigenvalue weighted by Gasteiger charge is -2.14. The van der Waals surface area contributed by atoms with Gasteiger partial charge in [-0.2, -0.15) is 0 Å². The van der Waals surface area contributed by atoms with Crippen molar-refractivity contribution in [2.75, 3.05) is 0 Å². The number of aromatic hydroxyl groups is 1. The molecule has 2 heteroatoms. The molecular formula is C13H21NO. The van der Waals surface area contributed by atoms with E-state index in [1.165, 1.54) is 12.8 Å². The third kappa shape index (κ3) is 3.24. The van der Waals surface area contributed by atoms with Crippen molar-refractivity contribution in [1.29, 1.82) is 0 Å². The number of hydrogen-bond acceptors (Lipinski definition) is 2. The van der Waals surface area contributed by atoms with Crippen molar-refractivity contribution in [3.63, 3.8) is 0 Å². The van der Waals surface area contributed by atoms with Crippen molar-refractivity contribution in [1.82, 2.24) is 0 Å². The fourth-order valence-corrected chi connectivity index (χ4v) is 1.75. The number of nitrogens with two attached hydrogens (primary N) is 1. The Balaban J connectivity index is 2.65. The summed E-state index contributed by atoms with van der Waals surface area (Å²) in [6.45, 7) is 4.08. The van der Waals surface area contributed by atoms with E-state index in [1.54, 1.807) is 0 Å². The Labute approximate surface area is 92.1 Å². The van der Waals surface area contributed by atoms with Crippen LogP contribution in [0.4, 0.5) is 0 Å². The molecule has 0 aliphatic carbocycles. The number of unbranched alkanes of at least 4 members (excludes halogenated alkanes) is 2. The molecule has 2 nitrogen and oxygen atoms in total. The molecule has 0 spiro atoms. The predicted octanol–water partition coefficient (Wildman–Crippen LogP) is 3.28. The molecule has 1 rings (SSSR count). The van der Waals surface area contributed by atoms with Crippen molar-refractivity contribution in [2.45, 2.75) is 45.6 Å². The summed E-state index contributed by atoms with van der Waals surface area (Å²) in [6.07, 6.45) is 4.49. The molecule has 0 amide bonds.